The molecule has 0 aliphatic carbocycles. The van der Waals surface area contributed by atoms with Crippen molar-refractivity contribution in [2.24, 2.45) is 4.99 Å². The van der Waals surface area contributed by atoms with Crippen LogP contribution in [0.1, 0.15) is 34.1 Å². The molecule has 1 aliphatic heterocycles. The molecule has 1 atom stereocenters. The Morgan fingerprint density at radius 3 is 2.80 bits per heavy atom. The molecule has 4 heteroatoms. The van der Waals surface area contributed by atoms with E-state index in [1.54, 1.807) is 6.21 Å². The summed E-state index contributed by atoms with van der Waals surface area (Å²) in [5.41, 5.74) is 1.90. The van der Waals surface area contributed by atoms with Gasteiger partial charge in [-0.15, -0.1) is 0 Å². The maximum Gasteiger partial charge on any atom is 0.221 e. The van der Waals surface area contributed by atoms with E-state index in [1.807, 2.05) is 20.8 Å². The van der Waals surface area contributed by atoms with Crippen LogP contribution in [0.5, 0.6) is 0 Å². The second-order valence-electron chi connectivity index (χ2n) is 4.00. The molecule has 15 heavy (non-hydrogen) atoms. The zero-order valence-electron chi connectivity index (χ0n) is 9.70. The molecule has 4 nitrogen and oxygen atoms in total. The standard InChI is InChI=1S/C11H18N2O2/c1-7(2)15-11-5-8(3)10(6-12-11)13-9(4)14/h6-7,11H,5H2,1-4H3,(H,13,14). The molecule has 0 spiro atoms. The van der Waals surface area contributed by atoms with Gasteiger partial charge < -0.3 is 10.1 Å². The third-order valence-corrected chi connectivity index (χ3v) is 2.05. The van der Waals surface area contributed by atoms with Gasteiger partial charge in [-0.25, -0.2) is 0 Å². The number of dihydropyridines is 1. The summed E-state index contributed by atoms with van der Waals surface area (Å²) in [6.45, 7) is 7.44. The molecule has 0 fully saturated rings. The minimum absolute atomic E-state index is 0.0703. The number of carbonyl (C=O) groups excluding carboxylic acids is 1. The molecule has 0 aromatic carbocycles. The van der Waals surface area contributed by atoms with Gasteiger partial charge >= 0.3 is 0 Å². The highest BCUT2D eigenvalue weighted by molar-refractivity contribution is 5.88. The Bertz CT molecular complexity index is 306. The van der Waals surface area contributed by atoms with Crippen molar-refractivity contribution in [1.82, 2.24) is 5.32 Å². The van der Waals surface area contributed by atoms with E-state index in [4.69, 9.17) is 4.74 Å². The number of aliphatic imine (C=N–C) groups is 1. The van der Waals surface area contributed by atoms with Crippen molar-refractivity contribution in [3.05, 3.63) is 11.3 Å². The molecule has 0 radical (unpaired) electrons. The molecule has 1 rings (SSSR count). The molecule has 1 aliphatic rings. The SMILES string of the molecule is CC(=O)NC1=C(C)CC(OC(C)C)N=C1. The maximum absolute atomic E-state index is 10.9. The second-order valence-corrected chi connectivity index (χ2v) is 4.00. The number of hydrogen-bond acceptors (Lipinski definition) is 3. The Balaban J connectivity index is 2.59. The minimum atomic E-state index is -0.109. The second kappa shape index (κ2) is 5.07. The number of carbonyl (C=O) groups is 1. The van der Waals surface area contributed by atoms with Gasteiger partial charge in [0, 0.05) is 19.6 Å². The maximum atomic E-state index is 10.9. The van der Waals surface area contributed by atoms with E-state index in [2.05, 4.69) is 10.3 Å². The molecular weight excluding hydrogens is 192 g/mol. The number of nitrogens with zero attached hydrogens (tertiary/aromatic N) is 1. The van der Waals surface area contributed by atoms with Crippen molar-refractivity contribution >= 4 is 12.1 Å². The number of nitrogens with one attached hydrogen (secondary N) is 1. The summed E-state index contributed by atoms with van der Waals surface area (Å²) in [6.07, 6.45) is 2.47. The van der Waals surface area contributed by atoms with E-state index < -0.39 is 0 Å². The topological polar surface area (TPSA) is 50.7 Å². The highest BCUT2D eigenvalue weighted by Gasteiger charge is 2.16. The zero-order chi connectivity index (χ0) is 11.4. The summed E-state index contributed by atoms with van der Waals surface area (Å²) in [6, 6.07) is 0. The van der Waals surface area contributed by atoms with Crippen LogP contribution in [0.3, 0.4) is 0 Å². The summed E-state index contributed by atoms with van der Waals surface area (Å²) >= 11 is 0. The predicted octanol–water partition coefficient (Wildman–Crippen LogP) is 1.62. The van der Waals surface area contributed by atoms with Crippen molar-refractivity contribution in [2.75, 3.05) is 0 Å². The lowest BCUT2D eigenvalue weighted by Crippen LogP contribution is -2.27. The smallest absolute Gasteiger partial charge is 0.221 e. The first-order valence-corrected chi connectivity index (χ1v) is 5.15. The van der Waals surface area contributed by atoms with Crippen LogP contribution in [0.15, 0.2) is 16.3 Å². The average molecular weight is 210 g/mol. The fourth-order valence-corrected chi connectivity index (χ4v) is 1.42. The van der Waals surface area contributed by atoms with Gasteiger partial charge in [-0.3, -0.25) is 9.79 Å². The predicted molar refractivity (Wildman–Crippen MR) is 59.6 cm³/mol. The van der Waals surface area contributed by atoms with E-state index in [0.29, 0.717) is 0 Å². The van der Waals surface area contributed by atoms with Crippen molar-refractivity contribution in [2.45, 2.75) is 46.4 Å². The Morgan fingerprint density at radius 1 is 1.67 bits per heavy atom. The monoisotopic (exact) mass is 210 g/mol. The first kappa shape index (κ1) is 11.9. The van der Waals surface area contributed by atoms with Crippen molar-refractivity contribution in [3.8, 4) is 0 Å². The van der Waals surface area contributed by atoms with E-state index >= 15 is 0 Å². The Kier molecular flexibility index (Phi) is 4.03. The van der Waals surface area contributed by atoms with Crippen LogP contribution in [0.4, 0.5) is 0 Å². The molecule has 1 heterocycles. The van der Waals surface area contributed by atoms with Crippen LogP contribution in [-0.4, -0.2) is 24.5 Å². The van der Waals surface area contributed by atoms with E-state index in [0.717, 1.165) is 17.7 Å². The van der Waals surface area contributed by atoms with E-state index in [-0.39, 0.29) is 18.2 Å². The normalized spacial score (nSPS) is 21.0. The molecule has 0 aromatic heterocycles. The lowest BCUT2D eigenvalue weighted by atomic mass is 10.1. The molecule has 1 amide bonds. The molecule has 84 valence electrons. The van der Waals surface area contributed by atoms with Crippen LogP contribution in [0, 0.1) is 0 Å². The molecule has 0 bridgehead atoms. The fourth-order valence-electron chi connectivity index (χ4n) is 1.42. The van der Waals surface area contributed by atoms with Gasteiger partial charge in [-0.05, 0) is 26.3 Å². The molecule has 0 saturated carbocycles. The lowest BCUT2D eigenvalue weighted by molar-refractivity contribution is -0.118. The van der Waals surface area contributed by atoms with Crippen molar-refractivity contribution in [1.29, 1.82) is 0 Å². The highest BCUT2D eigenvalue weighted by Crippen LogP contribution is 2.17. The molecule has 0 aromatic rings. The Morgan fingerprint density at radius 2 is 2.33 bits per heavy atom. The summed E-state index contributed by atoms with van der Waals surface area (Å²) in [5, 5.41) is 2.74. The first-order chi connectivity index (χ1) is 6.99. The number of ether oxygens (including phenoxy) is 1. The minimum Gasteiger partial charge on any atom is -0.354 e. The Labute approximate surface area is 90.4 Å². The van der Waals surface area contributed by atoms with Crippen LogP contribution in [-0.2, 0) is 9.53 Å². The largest absolute Gasteiger partial charge is 0.354 e. The highest BCUT2D eigenvalue weighted by atomic mass is 16.5. The lowest BCUT2D eigenvalue weighted by Gasteiger charge is -2.22. The first-order valence-electron chi connectivity index (χ1n) is 5.15. The van der Waals surface area contributed by atoms with Crippen LogP contribution < -0.4 is 5.32 Å². The van der Waals surface area contributed by atoms with Crippen molar-refractivity contribution < 1.29 is 9.53 Å². The van der Waals surface area contributed by atoms with E-state index in [9.17, 15) is 4.79 Å². The summed E-state index contributed by atoms with van der Waals surface area (Å²) in [7, 11) is 0. The van der Waals surface area contributed by atoms with Gasteiger partial charge in [0.2, 0.25) is 5.91 Å². The number of hydrogen-bond donors (Lipinski definition) is 1. The summed E-state index contributed by atoms with van der Waals surface area (Å²) in [5.74, 6) is -0.0703. The molecule has 0 saturated heterocycles. The molecule has 1 N–H and O–H groups in total. The van der Waals surface area contributed by atoms with Crippen LogP contribution in [0.2, 0.25) is 0 Å². The molecule has 1 unspecified atom stereocenters. The van der Waals surface area contributed by atoms with Gasteiger partial charge in [0.05, 0.1) is 11.8 Å². The van der Waals surface area contributed by atoms with Gasteiger partial charge in [0.25, 0.3) is 0 Å². The number of amides is 1. The summed E-state index contributed by atoms with van der Waals surface area (Å²) in [4.78, 5) is 15.1. The Hall–Kier alpha value is -1.16. The van der Waals surface area contributed by atoms with Gasteiger partial charge in [0.15, 0.2) is 6.23 Å². The third kappa shape index (κ3) is 3.83. The van der Waals surface area contributed by atoms with Gasteiger partial charge in [-0.2, -0.15) is 0 Å². The van der Waals surface area contributed by atoms with Crippen LogP contribution >= 0.6 is 0 Å². The number of allylic oxidation sites excluding steroid dienone is 1. The van der Waals surface area contributed by atoms with E-state index in [1.165, 1.54) is 6.92 Å². The quantitative estimate of drug-likeness (QED) is 0.769. The average Bonchev–Trinajstić information content (AvgIpc) is 2.08. The van der Waals surface area contributed by atoms with Crippen molar-refractivity contribution in [3.63, 3.8) is 0 Å². The summed E-state index contributed by atoms with van der Waals surface area (Å²) < 4.78 is 5.57. The van der Waals surface area contributed by atoms with Gasteiger partial charge in [-0.1, -0.05) is 0 Å². The third-order valence-electron chi connectivity index (χ3n) is 2.05. The van der Waals surface area contributed by atoms with Crippen LogP contribution in [0.25, 0.3) is 0 Å². The fraction of sp³-hybridized carbons (Fsp3) is 0.636. The van der Waals surface area contributed by atoms with Gasteiger partial charge in [0.1, 0.15) is 0 Å². The number of rotatable bonds is 3. The molecular formula is C11H18N2O2. The zero-order valence-corrected chi connectivity index (χ0v) is 9.70.